The van der Waals surface area contributed by atoms with Crippen molar-refractivity contribution in [3.05, 3.63) is 24.3 Å². The van der Waals surface area contributed by atoms with Gasteiger partial charge in [0.25, 0.3) is 0 Å². The van der Waals surface area contributed by atoms with Gasteiger partial charge in [0, 0.05) is 12.5 Å². The van der Waals surface area contributed by atoms with Crippen LogP contribution in [0.25, 0.3) is 0 Å². The molecule has 1 heterocycles. The van der Waals surface area contributed by atoms with Gasteiger partial charge in [0.1, 0.15) is 12.4 Å². The van der Waals surface area contributed by atoms with Gasteiger partial charge in [-0.3, -0.25) is 4.79 Å². The quantitative estimate of drug-likeness (QED) is 0.880. The maximum atomic E-state index is 12.3. The van der Waals surface area contributed by atoms with Gasteiger partial charge >= 0.3 is 0 Å². The number of nitrogens with zero attached hydrogens (tertiary/aromatic N) is 1. The largest absolute Gasteiger partial charge is 0.490 e. The van der Waals surface area contributed by atoms with Crippen LogP contribution in [0.3, 0.4) is 0 Å². The molecule has 1 fully saturated rings. The minimum Gasteiger partial charge on any atom is -0.490 e. The average molecular weight is 246 g/mol. The maximum absolute atomic E-state index is 12.3. The van der Waals surface area contributed by atoms with Gasteiger partial charge in [-0.15, -0.1) is 0 Å². The predicted molar refractivity (Wildman–Crippen MR) is 69.6 cm³/mol. The molecule has 1 unspecified atom stereocenters. The highest BCUT2D eigenvalue weighted by molar-refractivity contribution is 5.95. The van der Waals surface area contributed by atoms with Gasteiger partial charge in [0.05, 0.1) is 12.2 Å². The van der Waals surface area contributed by atoms with E-state index >= 15 is 0 Å². The summed E-state index contributed by atoms with van der Waals surface area (Å²) in [6.07, 6.45) is 2.79. The van der Waals surface area contributed by atoms with Crippen LogP contribution in [0.1, 0.15) is 19.3 Å². The van der Waals surface area contributed by atoms with E-state index in [4.69, 9.17) is 10.5 Å². The first-order valence-corrected chi connectivity index (χ1v) is 6.53. The summed E-state index contributed by atoms with van der Waals surface area (Å²) in [5, 5.41) is 0. The number of nitrogens with two attached hydrogens (primary N) is 1. The van der Waals surface area contributed by atoms with Crippen LogP contribution < -0.4 is 15.4 Å². The van der Waals surface area contributed by atoms with Crippen LogP contribution in [0.4, 0.5) is 5.69 Å². The first-order chi connectivity index (χ1) is 8.75. The third-order valence-corrected chi connectivity index (χ3v) is 3.67. The van der Waals surface area contributed by atoms with Crippen LogP contribution in [0.2, 0.25) is 0 Å². The Balaban J connectivity index is 1.74. The van der Waals surface area contributed by atoms with Crippen LogP contribution in [0.15, 0.2) is 24.3 Å². The zero-order valence-electron chi connectivity index (χ0n) is 10.3. The number of carbonyl (C=O) groups is 1. The molecule has 0 aromatic heterocycles. The van der Waals surface area contributed by atoms with Crippen molar-refractivity contribution in [3.8, 4) is 5.75 Å². The molecule has 4 heteroatoms. The molecule has 96 valence electrons. The van der Waals surface area contributed by atoms with Gasteiger partial charge in [0.15, 0.2) is 0 Å². The molecular formula is C14H18N2O2. The molecule has 1 aliphatic carbocycles. The van der Waals surface area contributed by atoms with Crippen LogP contribution in [-0.2, 0) is 4.79 Å². The molecule has 0 spiro atoms. The lowest BCUT2D eigenvalue weighted by atomic mass is 10.1. The molecule has 1 saturated carbocycles. The summed E-state index contributed by atoms with van der Waals surface area (Å²) >= 11 is 0. The summed E-state index contributed by atoms with van der Waals surface area (Å²) in [5.41, 5.74) is 6.90. The van der Waals surface area contributed by atoms with Crippen molar-refractivity contribution in [1.29, 1.82) is 0 Å². The molecule has 1 aliphatic heterocycles. The topological polar surface area (TPSA) is 55.6 Å². The van der Waals surface area contributed by atoms with E-state index in [2.05, 4.69) is 0 Å². The highest BCUT2D eigenvalue weighted by Crippen LogP contribution is 2.35. The number of benzene rings is 1. The molecular weight excluding hydrogens is 228 g/mol. The predicted octanol–water partition coefficient (Wildman–Crippen LogP) is 1.54. The summed E-state index contributed by atoms with van der Waals surface area (Å²) in [4.78, 5) is 14.1. The number of hydrogen-bond donors (Lipinski definition) is 1. The van der Waals surface area contributed by atoms with Crippen molar-refractivity contribution in [2.24, 2.45) is 11.7 Å². The van der Waals surface area contributed by atoms with E-state index in [9.17, 15) is 4.79 Å². The van der Waals surface area contributed by atoms with E-state index in [0.717, 1.165) is 11.4 Å². The monoisotopic (exact) mass is 246 g/mol. The van der Waals surface area contributed by atoms with Crippen molar-refractivity contribution in [2.45, 2.75) is 25.3 Å². The number of anilines is 1. The second-order valence-corrected chi connectivity index (χ2v) is 5.07. The van der Waals surface area contributed by atoms with Gasteiger partial charge in [-0.05, 0) is 30.9 Å². The van der Waals surface area contributed by atoms with E-state index in [1.807, 2.05) is 24.3 Å². The molecule has 0 radical (unpaired) electrons. The fourth-order valence-electron chi connectivity index (χ4n) is 2.43. The number of ether oxygens (including phenoxy) is 1. The number of carbonyl (C=O) groups excluding carboxylic acids is 1. The Morgan fingerprint density at radius 3 is 3.00 bits per heavy atom. The van der Waals surface area contributed by atoms with Crippen LogP contribution >= 0.6 is 0 Å². The Bertz CT molecular complexity index is 457. The van der Waals surface area contributed by atoms with Crippen molar-refractivity contribution >= 4 is 11.6 Å². The molecule has 1 atom stereocenters. The van der Waals surface area contributed by atoms with Gasteiger partial charge < -0.3 is 15.4 Å². The molecule has 4 nitrogen and oxygen atoms in total. The molecule has 18 heavy (non-hydrogen) atoms. The summed E-state index contributed by atoms with van der Waals surface area (Å²) in [6.45, 7) is 1.18. The van der Waals surface area contributed by atoms with Gasteiger partial charge in [-0.2, -0.15) is 0 Å². The Labute approximate surface area is 107 Å². The van der Waals surface area contributed by atoms with E-state index in [0.29, 0.717) is 25.5 Å². The summed E-state index contributed by atoms with van der Waals surface area (Å²) in [5.74, 6) is 1.47. The fourth-order valence-corrected chi connectivity index (χ4v) is 2.43. The standard InChI is InChI=1S/C14H18N2O2/c15-11(10-5-6-10)9-14(17)16-7-8-18-13-4-2-1-3-12(13)16/h1-4,10-11H,5-9,15H2. The number of para-hydroxylation sites is 2. The lowest BCUT2D eigenvalue weighted by Crippen LogP contribution is -2.41. The third-order valence-electron chi connectivity index (χ3n) is 3.67. The van der Waals surface area contributed by atoms with E-state index in [-0.39, 0.29) is 11.9 Å². The van der Waals surface area contributed by atoms with Gasteiger partial charge in [-0.1, -0.05) is 12.1 Å². The van der Waals surface area contributed by atoms with E-state index in [1.165, 1.54) is 12.8 Å². The Morgan fingerprint density at radius 1 is 1.44 bits per heavy atom. The average Bonchev–Trinajstić information content (AvgIpc) is 3.22. The molecule has 2 aliphatic rings. The highest BCUT2D eigenvalue weighted by Gasteiger charge is 2.32. The Kier molecular flexibility index (Phi) is 2.96. The second kappa shape index (κ2) is 4.61. The van der Waals surface area contributed by atoms with Crippen molar-refractivity contribution in [1.82, 2.24) is 0 Å². The maximum Gasteiger partial charge on any atom is 0.228 e. The number of amides is 1. The first kappa shape index (κ1) is 11.5. The molecule has 1 aromatic carbocycles. The van der Waals surface area contributed by atoms with Crippen LogP contribution in [-0.4, -0.2) is 25.1 Å². The summed E-state index contributed by atoms with van der Waals surface area (Å²) in [6, 6.07) is 7.69. The molecule has 0 bridgehead atoms. The van der Waals surface area contributed by atoms with Gasteiger partial charge in [-0.25, -0.2) is 0 Å². The van der Waals surface area contributed by atoms with Crippen molar-refractivity contribution in [3.63, 3.8) is 0 Å². The smallest absolute Gasteiger partial charge is 0.228 e. The molecule has 2 N–H and O–H groups in total. The molecule has 0 saturated heterocycles. The van der Waals surface area contributed by atoms with E-state index in [1.54, 1.807) is 4.90 Å². The number of hydrogen-bond acceptors (Lipinski definition) is 3. The normalized spacial score (nSPS) is 19.9. The molecule has 1 aromatic rings. The minimum atomic E-state index is 0.0208. The minimum absolute atomic E-state index is 0.0208. The Hall–Kier alpha value is -1.55. The zero-order chi connectivity index (χ0) is 12.5. The summed E-state index contributed by atoms with van der Waals surface area (Å²) in [7, 11) is 0. The lowest BCUT2D eigenvalue weighted by molar-refractivity contribution is -0.119. The second-order valence-electron chi connectivity index (χ2n) is 5.07. The van der Waals surface area contributed by atoms with Crippen LogP contribution in [0, 0.1) is 5.92 Å². The van der Waals surface area contributed by atoms with E-state index < -0.39 is 0 Å². The summed E-state index contributed by atoms with van der Waals surface area (Å²) < 4.78 is 5.54. The highest BCUT2D eigenvalue weighted by atomic mass is 16.5. The SMILES string of the molecule is NC(CC(=O)N1CCOc2ccccc21)C1CC1. The lowest BCUT2D eigenvalue weighted by Gasteiger charge is -2.30. The molecule has 1 amide bonds. The van der Waals surface area contributed by atoms with Crippen LogP contribution in [0.5, 0.6) is 5.75 Å². The van der Waals surface area contributed by atoms with Gasteiger partial charge in [0.2, 0.25) is 5.91 Å². The number of fused-ring (bicyclic) bond motifs is 1. The van der Waals surface area contributed by atoms with Crippen molar-refractivity contribution in [2.75, 3.05) is 18.1 Å². The Morgan fingerprint density at radius 2 is 2.22 bits per heavy atom. The fraction of sp³-hybridized carbons (Fsp3) is 0.500. The third kappa shape index (κ3) is 2.20. The van der Waals surface area contributed by atoms with Crippen molar-refractivity contribution < 1.29 is 9.53 Å². The first-order valence-electron chi connectivity index (χ1n) is 6.53. The zero-order valence-corrected chi connectivity index (χ0v) is 10.3. The molecule has 3 rings (SSSR count). The number of rotatable bonds is 3.